The van der Waals surface area contributed by atoms with Crippen LogP contribution in [0.2, 0.25) is 0 Å². The summed E-state index contributed by atoms with van der Waals surface area (Å²) in [6.07, 6.45) is 3.42. The number of likely N-dealkylation sites (N-methyl/N-ethyl adjacent to an activating group) is 1. The maximum Gasteiger partial charge on any atom is 0.245 e. The van der Waals surface area contributed by atoms with Gasteiger partial charge in [0.1, 0.15) is 6.04 Å². The van der Waals surface area contributed by atoms with Gasteiger partial charge in [-0.25, -0.2) is 0 Å². The minimum Gasteiger partial charge on any atom is -0.344 e. The normalized spacial score (nSPS) is 24.9. The first-order valence-electron chi connectivity index (χ1n) is 6.99. The molecule has 2 aliphatic heterocycles. The van der Waals surface area contributed by atoms with Crippen molar-refractivity contribution in [1.82, 2.24) is 15.5 Å². The summed E-state index contributed by atoms with van der Waals surface area (Å²) in [6, 6.07) is -0.279. The van der Waals surface area contributed by atoms with Gasteiger partial charge >= 0.3 is 0 Å². The van der Waals surface area contributed by atoms with Gasteiger partial charge < -0.3 is 15.5 Å². The summed E-state index contributed by atoms with van der Waals surface area (Å²) < 4.78 is 0. The fraction of sp³-hybridized carbons (Fsp3) is 0.846. The van der Waals surface area contributed by atoms with Gasteiger partial charge in [0, 0.05) is 19.5 Å². The van der Waals surface area contributed by atoms with E-state index in [9.17, 15) is 9.59 Å². The van der Waals surface area contributed by atoms with E-state index in [0.29, 0.717) is 18.8 Å². The standard InChI is InChI=1S/C13H23N3O2/c1-2-16(9-10-5-7-14-8-6-10)13(18)11-3-4-12(17)15-11/h10-11,14H,2-9H2,1H3,(H,15,17)/t11-/m1/s1. The summed E-state index contributed by atoms with van der Waals surface area (Å²) >= 11 is 0. The first-order valence-corrected chi connectivity index (χ1v) is 6.99. The van der Waals surface area contributed by atoms with E-state index in [2.05, 4.69) is 10.6 Å². The van der Waals surface area contributed by atoms with Gasteiger partial charge in [0.25, 0.3) is 0 Å². The molecule has 2 aliphatic rings. The maximum absolute atomic E-state index is 12.3. The first kappa shape index (κ1) is 13.3. The fourth-order valence-corrected chi connectivity index (χ4v) is 2.77. The molecule has 5 heteroatoms. The first-order chi connectivity index (χ1) is 8.70. The Kier molecular flexibility index (Phi) is 4.58. The largest absolute Gasteiger partial charge is 0.344 e. The van der Waals surface area contributed by atoms with Crippen LogP contribution in [0.3, 0.4) is 0 Å². The van der Waals surface area contributed by atoms with Crippen molar-refractivity contribution >= 4 is 11.8 Å². The highest BCUT2D eigenvalue weighted by Crippen LogP contribution is 2.16. The van der Waals surface area contributed by atoms with Crippen molar-refractivity contribution in [1.29, 1.82) is 0 Å². The van der Waals surface area contributed by atoms with Crippen LogP contribution in [0.1, 0.15) is 32.6 Å². The number of piperidine rings is 1. The average Bonchev–Trinajstić information content (AvgIpc) is 2.83. The Bertz CT molecular complexity index is 313. The quantitative estimate of drug-likeness (QED) is 0.748. The van der Waals surface area contributed by atoms with Crippen LogP contribution >= 0.6 is 0 Å². The third-order valence-electron chi connectivity index (χ3n) is 3.92. The predicted octanol–water partition coefficient (Wildman–Crippen LogP) is 0.113. The van der Waals surface area contributed by atoms with Crippen molar-refractivity contribution in [3.8, 4) is 0 Å². The Morgan fingerprint density at radius 1 is 1.33 bits per heavy atom. The van der Waals surface area contributed by atoms with Crippen LogP contribution in [0.25, 0.3) is 0 Å². The molecule has 0 radical (unpaired) electrons. The smallest absolute Gasteiger partial charge is 0.245 e. The second-order valence-corrected chi connectivity index (χ2v) is 5.23. The number of carbonyl (C=O) groups is 2. The topological polar surface area (TPSA) is 61.4 Å². The van der Waals surface area contributed by atoms with Crippen LogP contribution < -0.4 is 10.6 Å². The van der Waals surface area contributed by atoms with Gasteiger partial charge in [0.05, 0.1) is 0 Å². The summed E-state index contributed by atoms with van der Waals surface area (Å²) in [5.41, 5.74) is 0. The van der Waals surface area contributed by atoms with E-state index in [0.717, 1.165) is 39.0 Å². The highest BCUT2D eigenvalue weighted by Gasteiger charge is 2.31. The molecule has 5 nitrogen and oxygen atoms in total. The summed E-state index contributed by atoms with van der Waals surface area (Å²) in [4.78, 5) is 25.4. The number of nitrogens with one attached hydrogen (secondary N) is 2. The SMILES string of the molecule is CCN(CC1CCNCC1)C(=O)[C@H]1CCC(=O)N1. The fourth-order valence-electron chi connectivity index (χ4n) is 2.77. The zero-order valence-corrected chi connectivity index (χ0v) is 11.1. The molecule has 2 amide bonds. The van der Waals surface area contributed by atoms with Gasteiger partial charge in [-0.1, -0.05) is 0 Å². The van der Waals surface area contributed by atoms with E-state index in [4.69, 9.17) is 0 Å². The monoisotopic (exact) mass is 253 g/mol. The molecular formula is C13H23N3O2. The van der Waals surface area contributed by atoms with Crippen LogP contribution in [0.5, 0.6) is 0 Å². The van der Waals surface area contributed by atoms with Gasteiger partial charge in [-0.15, -0.1) is 0 Å². The van der Waals surface area contributed by atoms with E-state index in [1.54, 1.807) is 0 Å². The molecule has 0 aromatic heterocycles. The van der Waals surface area contributed by atoms with Gasteiger partial charge in [-0.05, 0) is 45.2 Å². The molecule has 0 unspecified atom stereocenters. The van der Waals surface area contributed by atoms with Crippen LogP contribution in [0.15, 0.2) is 0 Å². The Labute approximate surface area is 108 Å². The number of amides is 2. The van der Waals surface area contributed by atoms with E-state index < -0.39 is 0 Å². The van der Waals surface area contributed by atoms with Crippen LogP contribution in [-0.2, 0) is 9.59 Å². The van der Waals surface area contributed by atoms with Crippen molar-refractivity contribution in [2.75, 3.05) is 26.2 Å². The molecule has 2 rings (SSSR count). The number of carbonyl (C=O) groups excluding carboxylic acids is 2. The van der Waals surface area contributed by atoms with E-state index in [1.165, 1.54) is 0 Å². The number of nitrogens with zero attached hydrogens (tertiary/aromatic N) is 1. The molecule has 102 valence electrons. The lowest BCUT2D eigenvalue weighted by atomic mass is 9.97. The summed E-state index contributed by atoms with van der Waals surface area (Å²) in [7, 11) is 0. The number of rotatable bonds is 4. The minimum atomic E-state index is -0.279. The van der Waals surface area contributed by atoms with E-state index >= 15 is 0 Å². The zero-order chi connectivity index (χ0) is 13.0. The van der Waals surface area contributed by atoms with Crippen molar-refractivity contribution < 1.29 is 9.59 Å². The van der Waals surface area contributed by atoms with Crippen molar-refractivity contribution in [2.45, 2.75) is 38.6 Å². The molecule has 0 aromatic carbocycles. The summed E-state index contributed by atoms with van der Waals surface area (Å²) in [5, 5.41) is 6.10. The lowest BCUT2D eigenvalue weighted by Gasteiger charge is -2.30. The van der Waals surface area contributed by atoms with Crippen LogP contribution in [0, 0.1) is 5.92 Å². The predicted molar refractivity (Wildman–Crippen MR) is 69.0 cm³/mol. The number of hydrogen-bond donors (Lipinski definition) is 2. The molecule has 2 N–H and O–H groups in total. The van der Waals surface area contributed by atoms with Gasteiger partial charge in [-0.3, -0.25) is 9.59 Å². The molecule has 0 saturated carbocycles. The lowest BCUT2D eigenvalue weighted by molar-refractivity contribution is -0.134. The van der Waals surface area contributed by atoms with Crippen molar-refractivity contribution in [3.05, 3.63) is 0 Å². The third-order valence-corrected chi connectivity index (χ3v) is 3.92. The summed E-state index contributed by atoms with van der Waals surface area (Å²) in [6.45, 7) is 5.68. The lowest BCUT2D eigenvalue weighted by Crippen LogP contribution is -2.47. The molecule has 2 saturated heterocycles. The van der Waals surface area contributed by atoms with Gasteiger partial charge in [0.2, 0.25) is 11.8 Å². The molecule has 0 spiro atoms. The Morgan fingerprint density at radius 3 is 2.61 bits per heavy atom. The summed E-state index contributed by atoms with van der Waals surface area (Å²) in [5.74, 6) is 0.709. The molecule has 2 fully saturated rings. The third kappa shape index (κ3) is 3.22. The molecule has 0 bridgehead atoms. The Morgan fingerprint density at radius 2 is 2.06 bits per heavy atom. The second kappa shape index (κ2) is 6.18. The molecule has 2 heterocycles. The highest BCUT2D eigenvalue weighted by atomic mass is 16.2. The van der Waals surface area contributed by atoms with Crippen molar-refractivity contribution in [2.24, 2.45) is 5.92 Å². The maximum atomic E-state index is 12.3. The Hall–Kier alpha value is -1.10. The Balaban J connectivity index is 1.86. The molecular weight excluding hydrogens is 230 g/mol. The molecule has 1 atom stereocenters. The van der Waals surface area contributed by atoms with Gasteiger partial charge in [-0.2, -0.15) is 0 Å². The van der Waals surface area contributed by atoms with Crippen molar-refractivity contribution in [3.63, 3.8) is 0 Å². The van der Waals surface area contributed by atoms with Gasteiger partial charge in [0.15, 0.2) is 0 Å². The van der Waals surface area contributed by atoms with Crippen LogP contribution in [-0.4, -0.2) is 48.9 Å². The second-order valence-electron chi connectivity index (χ2n) is 5.23. The molecule has 0 aliphatic carbocycles. The zero-order valence-electron chi connectivity index (χ0n) is 11.1. The van der Waals surface area contributed by atoms with E-state index in [-0.39, 0.29) is 17.9 Å². The minimum absolute atomic E-state index is 0.00581. The molecule has 0 aromatic rings. The number of hydrogen-bond acceptors (Lipinski definition) is 3. The van der Waals surface area contributed by atoms with E-state index in [1.807, 2.05) is 11.8 Å². The molecule has 18 heavy (non-hydrogen) atoms. The highest BCUT2D eigenvalue weighted by molar-refractivity contribution is 5.90. The average molecular weight is 253 g/mol. The van der Waals surface area contributed by atoms with Crippen LogP contribution in [0.4, 0.5) is 0 Å².